The van der Waals surface area contributed by atoms with E-state index in [-0.39, 0.29) is 11.9 Å². The minimum Gasteiger partial charge on any atom is -0.313 e. The summed E-state index contributed by atoms with van der Waals surface area (Å²) in [5.74, 6) is -0.240. The zero-order valence-corrected chi connectivity index (χ0v) is 11.9. The van der Waals surface area contributed by atoms with Crippen LogP contribution in [0.25, 0.3) is 0 Å². The third-order valence-electron chi connectivity index (χ3n) is 2.93. The molecule has 0 saturated heterocycles. The highest BCUT2D eigenvalue weighted by Crippen LogP contribution is 2.19. The fraction of sp³-hybridized carbons (Fsp3) is 0.308. The third kappa shape index (κ3) is 2.97. The Bertz CT molecular complexity index is 539. The molecule has 1 unspecified atom stereocenters. The Morgan fingerprint density at radius 2 is 2.28 bits per heavy atom. The SMILES string of the molecule is CNC(C)c1cnn(Cc2ccc(F)cc2Br)c1. The van der Waals surface area contributed by atoms with Gasteiger partial charge in [-0.05, 0) is 31.7 Å². The molecule has 18 heavy (non-hydrogen) atoms. The van der Waals surface area contributed by atoms with E-state index in [1.165, 1.54) is 12.1 Å². The van der Waals surface area contributed by atoms with Gasteiger partial charge >= 0.3 is 0 Å². The highest BCUT2D eigenvalue weighted by atomic mass is 79.9. The number of hydrogen-bond donors (Lipinski definition) is 1. The summed E-state index contributed by atoms with van der Waals surface area (Å²) in [7, 11) is 1.92. The normalized spacial score (nSPS) is 12.7. The molecule has 1 aromatic carbocycles. The summed E-state index contributed by atoms with van der Waals surface area (Å²) >= 11 is 3.36. The molecular formula is C13H15BrFN3. The molecule has 0 aliphatic carbocycles. The van der Waals surface area contributed by atoms with Crippen molar-refractivity contribution in [3.8, 4) is 0 Å². The molecule has 0 bridgehead atoms. The molecule has 0 saturated carbocycles. The summed E-state index contributed by atoms with van der Waals surface area (Å²) in [5.41, 5.74) is 2.14. The van der Waals surface area contributed by atoms with Gasteiger partial charge in [-0.3, -0.25) is 4.68 Å². The smallest absolute Gasteiger partial charge is 0.124 e. The van der Waals surface area contributed by atoms with Crippen LogP contribution in [0.2, 0.25) is 0 Å². The van der Waals surface area contributed by atoms with Crippen LogP contribution in [0, 0.1) is 5.82 Å². The molecule has 5 heteroatoms. The highest BCUT2D eigenvalue weighted by molar-refractivity contribution is 9.10. The van der Waals surface area contributed by atoms with Gasteiger partial charge in [0.25, 0.3) is 0 Å². The first kappa shape index (κ1) is 13.2. The summed E-state index contributed by atoms with van der Waals surface area (Å²) in [6.45, 7) is 2.70. The molecule has 0 aliphatic heterocycles. The summed E-state index contributed by atoms with van der Waals surface area (Å²) in [6, 6.07) is 4.97. The molecule has 1 aromatic heterocycles. The maximum atomic E-state index is 13.0. The van der Waals surface area contributed by atoms with Gasteiger partial charge in [0.15, 0.2) is 0 Å². The monoisotopic (exact) mass is 311 g/mol. The molecule has 1 atom stereocenters. The van der Waals surface area contributed by atoms with E-state index >= 15 is 0 Å². The van der Waals surface area contributed by atoms with Crippen molar-refractivity contribution in [3.05, 3.63) is 52.0 Å². The summed E-state index contributed by atoms with van der Waals surface area (Å²) in [5, 5.41) is 7.47. The Kier molecular flexibility index (Phi) is 4.14. The van der Waals surface area contributed by atoms with E-state index in [9.17, 15) is 4.39 Å². The fourth-order valence-electron chi connectivity index (χ4n) is 1.68. The van der Waals surface area contributed by atoms with Crippen molar-refractivity contribution in [2.24, 2.45) is 0 Å². The van der Waals surface area contributed by atoms with Crippen molar-refractivity contribution in [1.29, 1.82) is 0 Å². The minimum atomic E-state index is -0.240. The van der Waals surface area contributed by atoms with Gasteiger partial charge < -0.3 is 5.32 Å². The third-order valence-corrected chi connectivity index (χ3v) is 3.67. The number of aromatic nitrogens is 2. The second kappa shape index (κ2) is 5.63. The van der Waals surface area contributed by atoms with Gasteiger partial charge in [0.05, 0.1) is 12.7 Å². The Morgan fingerprint density at radius 3 is 2.94 bits per heavy atom. The van der Waals surface area contributed by atoms with Gasteiger partial charge in [-0.25, -0.2) is 4.39 Å². The molecule has 1 N–H and O–H groups in total. The summed E-state index contributed by atoms with van der Waals surface area (Å²) in [4.78, 5) is 0. The lowest BCUT2D eigenvalue weighted by molar-refractivity contribution is 0.622. The lowest BCUT2D eigenvalue weighted by Crippen LogP contribution is -2.11. The number of nitrogens with one attached hydrogen (secondary N) is 1. The molecule has 2 aromatic rings. The second-order valence-electron chi connectivity index (χ2n) is 4.22. The van der Waals surface area contributed by atoms with E-state index in [0.29, 0.717) is 6.54 Å². The zero-order chi connectivity index (χ0) is 13.1. The average Bonchev–Trinajstić information content (AvgIpc) is 2.80. The lowest BCUT2D eigenvalue weighted by Gasteiger charge is -2.07. The Labute approximate surface area is 114 Å². The van der Waals surface area contributed by atoms with E-state index in [2.05, 4.69) is 33.3 Å². The predicted molar refractivity (Wildman–Crippen MR) is 72.9 cm³/mol. The van der Waals surface area contributed by atoms with Gasteiger partial charge in [-0.1, -0.05) is 22.0 Å². The Morgan fingerprint density at radius 1 is 1.50 bits per heavy atom. The van der Waals surface area contributed by atoms with Crippen LogP contribution in [0.3, 0.4) is 0 Å². The topological polar surface area (TPSA) is 29.9 Å². The van der Waals surface area contributed by atoms with Crippen LogP contribution in [0.15, 0.2) is 35.1 Å². The summed E-state index contributed by atoms with van der Waals surface area (Å²) < 4.78 is 15.6. The number of rotatable bonds is 4. The fourth-order valence-corrected chi connectivity index (χ4v) is 2.16. The second-order valence-corrected chi connectivity index (χ2v) is 5.07. The quantitative estimate of drug-likeness (QED) is 0.940. The largest absolute Gasteiger partial charge is 0.313 e. The van der Waals surface area contributed by atoms with Crippen molar-refractivity contribution >= 4 is 15.9 Å². The molecular weight excluding hydrogens is 297 g/mol. The zero-order valence-electron chi connectivity index (χ0n) is 10.3. The van der Waals surface area contributed by atoms with Crippen LogP contribution in [0.4, 0.5) is 4.39 Å². The minimum absolute atomic E-state index is 0.240. The van der Waals surface area contributed by atoms with E-state index in [0.717, 1.165) is 15.6 Å². The Balaban J connectivity index is 2.16. The highest BCUT2D eigenvalue weighted by Gasteiger charge is 2.07. The van der Waals surface area contributed by atoms with Crippen LogP contribution in [-0.4, -0.2) is 16.8 Å². The van der Waals surface area contributed by atoms with Gasteiger partial charge in [-0.2, -0.15) is 5.10 Å². The number of benzene rings is 1. The van der Waals surface area contributed by atoms with E-state index in [4.69, 9.17) is 0 Å². The van der Waals surface area contributed by atoms with E-state index < -0.39 is 0 Å². The number of halogens is 2. The van der Waals surface area contributed by atoms with Crippen LogP contribution in [0.5, 0.6) is 0 Å². The van der Waals surface area contributed by atoms with Gasteiger partial charge in [-0.15, -0.1) is 0 Å². The van der Waals surface area contributed by atoms with Crippen LogP contribution in [-0.2, 0) is 6.54 Å². The van der Waals surface area contributed by atoms with E-state index in [1.807, 2.05) is 24.1 Å². The molecule has 0 radical (unpaired) electrons. The van der Waals surface area contributed by atoms with E-state index in [1.54, 1.807) is 6.07 Å². The molecule has 1 heterocycles. The summed E-state index contributed by atoms with van der Waals surface area (Å²) in [6.07, 6.45) is 3.84. The van der Waals surface area contributed by atoms with Crippen molar-refractivity contribution in [3.63, 3.8) is 0 Å². The predicted octanol–water partition coefficient (Wildman–Crippen LogP) is 3.11. The number of hydrogen-bond acceptors (Lipinski definition) is 2. The maximum absolute atomic E-state index is 13.0. The van der Waals surface area contributed by atoms with Crippen LogP contribution < -0.4 is 5.32 Å². The van der Waals surface area contributed by atoms with Crippen LogP contribution >= 0.6 is 15.9 Å². The average molecular weight is 312 g/mol. The Hall–Kier alpha value is -1.20. The molecule has 0 spiro atoms. The van der Waals surface area contributed by atoms with Crippen molar-refractivity contribution in [2.75, 3.05) is 7.05 Å². The first-order chi connectivity index (χ1) is 8.60. The van der Waals surface area contributed by atoms with Crippen molar-refractivity contribution in [2.45, 2.75) is 19.5 Å². The first-order valence-electron chi connectivity index (χ1n) is 5.73. The molecule has 0 aliphatic rings. The molecule has 2 rings (SSSR count). The number of nitrogens with zero attached hydrogens (tertiary/aromatic N) is 2. The van der Waals surface area contributed by atoms with Crippen molar-refractivity contribution in [1.82, 2.24) is 15.1 Å². The molecule has 3 nitrogen and oxygen atoms in total. The maximum Gasteiger partial charge on any atom is 0.124 e. The molecule has 96 valence electrons. The molecule has 0 amide bonds. The standard InChI is InChI=1S/C13H15BrFN3/c1-9(16-2)11-6-17-18(8-11)7-10-3-4-12(15)5-13(10)14/h3-6,8-9,16H,7H2,1-2H3. The first-order valence-corrected chi connectivity index (χ1v) is 6.53. The molecule has 0 fully saturated rings. The van der Waals surface area contributed by atoms with Gasteiger partial charge in [0, 0.05) is 22.3 Å². The van der Waals surface area contributed by atoms with Gasteiger partial charge in [0.2, 0.25) is 0 Å². The lowest BCUT2D eigenvalue weighted by atomic mass is 10.2. The van der Waals surface area contributed by atoms with Crippen molar-refractivity contribution < 1.29 is 4.39 Å². The van der Waals surface area contributed by atoms with Crippen LogP contribution in [0.1, 0.15) is 24.1 Å². The van der Waals surface area contributed by atoms with Gasteiger partial charge in [0.1, 0.15) is 5.82 Å².